The van der Waals surface area contributed by atoms with Gasteiger partial charge in [-0.2, -0.15) is 10.5 Å². The lowest BCUT2D eigenvalue weighted by Crippen LogP contribution is -2.30. The number of aromatic nitrogens is 2. The van der Waals surface area contributed by atoms with Crippen LogP contribution in [-0.2, 0) is 13.1 Å². The Morgan fingerprint density at radius 2 is 1.21 bits per heavy atom. The van der Waals surface area contributed by atoms with Crippen LogP contribution in [0.5, 0.6) is 0 Å². The van der Waals surface area contributed by atoms with E-state index in [1.807, 2.05) is 38.4 Å². The van der Waals surface area contributed by atoms with Gasteiger partial charge in [0.25, 0.3) is 0 Å². The molecule has 0 aromatic carbocycles. The molecular formula is C18H20N6. The van der Waals surface area contributed by atoms with E-state index in [1.165, 1.54) is 0 Å². The van der Waals surface area contributed by atoms with E-state index in [2.05, 4.69) is 31.9 Å². The predicted molar refractivity (Wildman–Crippen MR) is 90.6 cm³/mol. The Bertz CT molecular complexity index is 693. The molecule has 2 aromatic heterocycles. The van der Waals surface area contributed by atoms with Gasteiger partial charge in [-0.1, -0.05) is 12.1 Å². The first-order valence-electron chi connectivity index (χ1n) is 7.70. The number of pyridine rings is 2. The van der Waals surface area contributed by atoms with Crippen LogP contribution in [0.3, 0.4) is 0 Å². The van der Waals surface area contributed by atoms with Gasteiger partial charge in [0.15, 0.2) is 0 Å². The highest BCUT2D eigenvalue weighted by molar-refractivity contribution is 5.22. The fraction of sp³-hybridized carbons (Fsp3) is 0.333. The van der Waals surface area contributed by atoms with Crippen molar-refractivity contribution < 1.29 is 0 Å². The number of likely N-dealkylation sites (N-methyl/N-ethyl adjacent to an activating group) is 2. The van der Waals surface area contributed by atoms with Crippen molar-refractivity contribution in [2.75, 3.05) is 27.2 Å². The Kier molecular flexibility index (Phi) is 6.39. The highest BCUT2D eigenvalue weighted by Crippen LogP contribution is 2.04. The van der Waals surface area contributed by atoms with Crippen molar-refractivity contribution in [2.45, 2.75) is 13.1 Å². The second-order valence-electron chi connectivity index (χ2n) is 5.73. The number of hydrogen-bond acceptors (Lipinski definition) is 6. The lowest BCUT2D eigenvalue weighted by Gasteiger charge is -2.21. The van der Waals surface area contributed by atoms with Crippen molar-refractivity contribution in [2.24, 2.45) is 0 Å². The first-order valence-corrected chi connectivity index (χ1v) is 7.70. The summed E-state index contributed by atoms with van der Waals surface area (Å²) < 4.78 is 0. The molecule has 0 saturated carbocycles. The average molecular weight is 320 g/mol. The standard InChI is InChI=1S/C18H20N6/c1-23(13-17-7-3-5-15(11-19)21-17)9-10-24(2)14-18-8-4-6-16(12-20)22-18/h3-8H,9-10,13-14H2,1-2H3. The molecule has 122 valence electrons. The number of rotatable bonds is 7. The molecule has 2 rings (SSSR count). The second kappa shape index (κ2) is 8.73. The second-order valence-corrected chi connectivity index (χ2v) is 5.73. The summed E-state index contributed by atoms with van der Waals surface area (Å²) in [5, 5.41) is 17.8. The minimum Gasteiger partial charge on any atom is -0.299 e. The fourth-order valence-corrected chi connectivity index (χ4v) is 2.31. The highest BCUT2D eigenvalue weighted by atomic mass is 15.2. The molecule has 0 N–H and O–H groups in total. The van der Waals surface area contributed by atoms with E-state index in [9.17, 15) is 0 Å². The van der Waals surface area contributed by atoms with Gasteiger partial charge in [-0.05, 0) is 38.4 Å². The third-order valence-corrected chi connectivity index (χ3v) is 3.57. The van der Waals surface area contributed by atoms with Crippen LogP contribution in [0.1, 0.15) is 22.8 Å². The van der Waals surface area contributed by atoms with Gasteiger partial charge in [0.1, 0.15) is 23.5 Å². The summed E-state index contributed by atoms with van der Waals surface area (Å²) >= 11 is 0. The van der Waals surface area contributed by atoms with Crippen molar-refractivity contribution >= 4 is 0 Å². The van der Waals surface area contributed by atoms with Crippen molar-refractivity contribution in [3.05, 3.63) is 59.2 Å². The van der Waals surface area contributed by atoms with Gasteiger partial charge < -0.3 is 0 Å². The van der Waals surface area contributed by atoms with Crippen LogP contribution in [-0.4, -0.2) is 47.0 Å². The van der Waals surface area contributed by atoms with Crippen molar-refractivity contribution in [1.82, 2.24) is 19.8 Å². The summed E-state index contributed by atoms with van der Waals surface area (Å²) in [7, 11) is 4.06. The average Bonchev–Trinajstić information content (AvgIpc) is 2.60. The summed E-state index contributed by atoms with van der Waals surface area (Å²) in [6.45, 7) is 3.14. The zero-order valence-electron chi connectivity index (χ0n) is 14.0. The molecule has 2 heterocycles. The molecule has 0 spiro atoms. The molecule has 0 aliphatic carbocycles. The van der Waals surface area contributed by atoms with Crippen LogP contribution in [0.15, 0.2) is 36.4 Å². The molecule has 0 aliphatic heterocycles. The molecule has 24 heavy (non-hydrogen) atoms. The summed E-state index contributed by atoms with van der Waals surface area (Å²) in [5.41, 5.74) is 2.67. The van der Waals surface area contributed by atoms with E-state index < -0.39 is 0 Å². The van der Waals surface area contributed by atoms with Gasteiger partial charge in [-0.3, -0.25) is 9.80 Å². The van der Waals surface area contributed by atoms with Crippen LogP contribution < -0.4 is 0 Å². The normalized spacial score (nSPS) is 10.6. The zero-order valence-corrected chi connectivity index (χ0v) is 14.0. The molecule has 0 atom stereocenters. The molecule has 0 fully saturated rings. The molecular weight excluding hydrogens is 300 g/mol. The number of nitrogens with zero attached hydrogens (tertiary/aromatic N) is 6. The molecule has 6 heteroatoms. The quantitative estimate of drug-likeness (QED) is 0.773. The molecule has 0 aliphatic rings. The van der Waals surface area contributed by atoms with Crippen molar-refractivity contribution in [3.8, 4) is 12.1 Å². The minimum absolute atomic E-state index is 0.446. The van der Waals surface area contributed by atoms with Gasteiger partial charge in [0.05, 0.1) is 11.4 Å². The molecule has 2 aromatic rings. The third-order valence-electron chi connectivity index (χ3n) is 3.57. The maximum absolute atomic E-state index is 8.89. The maximum Gasteiger partial charge on any atom is 0.140 e. The van der Waals surface area contributed by atoms with Gasteiger partial charge in [0.2, 0.25) is 0 Å². The van der Waals surface area contributed by atoms with E-state index in [4.69, 9.17) is 10.5 Å². The van der Waals surface area contributed by atoms with E-state index in [-0.39, 0.29) is 0 Å². The largest absolute Gasteiger partial charge is 0.299 e. The smallest absolute Gasteiger partial charge is 0.140 e. The summed E-state index contributed by atoms with van der Waals surface area (Å²) in [4.78, 5) is 12.9. The summed E-state index contributed by atoms with van der Waals surface area (Å²) in [5.74, 6) is 0. The molecule has 6 nitrogen and oxygen atoms in total. The lowest BCUT2D eigenvalue weighted by atomic mass is 10.3. The van der Waals surface area contributed by atoms with Gasteiger partial charge in [-0.25, -0.2) is 9.97 Å². The third kappa shape index (κ3) is 5.44. The van der Waals surface area contributed by atoms with Gasteiger partial charge in [0, 0.05) is 26.2 Å². The maximum atomic E-state index is 8.89. The topological polar surface area (TPSA) is 79.8 Å². The van der Waals surface area contributed by atoms with Crippen LogP contribution in [0.2, 0.25) is 0 Å². The molecule has 0 amide bonds. The Morgan fingerprint density at radius 3 is 1.58 bits per heavy atom. The summed E-state index contributed by atoms with van der Waals surface area (Å²) in [6, 6.07) is 15.1. The van der Waals surface area contributed by atoms with Crippen LogP contribution >= 0.6 is 0 Å². The monoisotopic (exact) mass is 320 g/mol. The van der Waals surface area contributed by atoms with Crippen LogP contribution in [0.4, 0.5) is 0 Å². The highest BCUT2D eigenvalue weighted by Gasteiger charge is 2.06. The van der Waals surface area contributed by atoms with E-state index in [0.29, 0.717) is 24.5 Å². The lowest BCUT2D eigenvalue weighted by molar-refractivity contribution is 0.244. The van der Waals surface area contributed by atoms with Crippen molar-refractivity contribution in [3.63, 3.8) is 0 Å². The molecule has 0 bridgehead atoms. The zero-order chi connectivity index (χ0) is 17.4. The minimum atomic E-state index is 0.446. The Hall–Kier alpha value is -2.80. The van der Waals surface area contributed by atoms with E-state index in [1.54, 1.807) is 12.1 Å². The SMILES string of the molecule is CN(CCN(C)Cc1cccc(C#N)n1)Cc1cccc(C#N)n1. The Balaban J connectivity index is 1.81. The Morgan fingerprint density at radius 1 is 0.792 bits per heavy atom. The van der Waals surface area contributed by atoms with E-state index >= 15 is 0 Å². The Labute approximate surface area is 142 Å². The fourth-order valence-electron chi connectivity index (χ4n) is 2.31. The number of nitriles is 2. The first kappa shape index (κ1) is 17.6. The van der Waals surface area contributed by atoms with Crippen molar-refractivity contribution in [1.29, 1.82) is 10.5 Å². The first-order chi connectivity index (χ1) is 11.6. The predicted octanol–water partition coefficient (Wildman–Crippen LogP) is 1.78. The molecule has 0 saturated heterocycles. The molecule has 0 radical (unpaired) electrons. The van der Waals surface area contributed by atoms with E-state index in [0.717, 1.165) is 24.5 Å². The summed E-state index contributed by atoms with van der Waals surface area (Å²) in [6.07, 6.45) is 0. The molecule has 0 unspecified atom stereocenters. The van der Waals surface area contributed by atoms with Crippen LogP contribution in [0.25, 0.3) is 0 Å². The van der Waals surface area contributed by atoms with Gasteiger partial charge in [-0.15, -0.1) is 0 Å². The van der Waals surface area contributed by atoms with Gasteiger partial charge >= 0.3 is 0 Å². The number of hydrogen-bond donors (Lipinski definition) is 0. The van der Waals surface area contributed by atoms with Crippen LogP contribution in [0, 0.1) is 22.7 Å².